The number of amides is 1. The van der Waals surface area contributed by atoms with Gasteiger partial charge in [0, 0.05) is 10.9 Å². The van der Waals surface area contributed by atoms with Crippen molar-refractivity contribution >= 4 is 49.4 Å². The van der Waals surface area contributed by atoms with Gasteiger partial charge in [-0.25, -0.2) is 0 Å². The molecule has 0 fully saturated rings. The second kappa shape index (κ2) is 7.69. The molecule has 0 unspecified atom stereocenters. The molecule has 0 atom stereocenters. The third kappa shape index (κ3) is 4.04. The number of aromatic nitrogens is 1. The van der Waals surface area contributed by atoms with Crippen LogP contribution in [0, 0.1) is 0 Å². The van der Waals surface area contributed by atoms with Crippen LogP contribution in [0.5, 0.6) is 0 Å². The van der Waals surface area contributed by atoms with Gasteiger partial charge in [0.15, 0.2) is 4.80 Å². The number of esters is 1. The number of rotatable bonds is 5. The summed E-state index contributed by atoms with van der Waals surface area (Å²) in [7, 11) is 0. The summed E-state index contributed by atoms with van der Waals surface area (Å²) in [5, 5.41) is 0. The third-order valence-corrected chi connectivity index (χ3v) is 4.46. The highest BCUT2D eigenvalue weighted by Gasteiger charge is 2.12. The highest BCUT2D eigenvalue weighted by atomic mass is 79.9. The zero-order chi connectivity index (χ0) is 16.1. The van der Waals surface area contributed by atoms with Gasteiger partial charge in [-0.3, -0.25) is 9.59 Å². The molecule has 0 radical (unpaired) electrons. The summed E-state index contributed by atoms with van der Waals surface area (Å²) in [5.74, 6) is -0.514. The van der Waals surface area contributed by atoms with Gasteiger partial charge in [0.05, 0.1) is 16.8 Å². The van der Waals surface area contributed by atoms with E-state index in [1.54, 1.807) is 11.5 Å². The first-order valence-corrected chi connectivity index (χ1v) is 8.68. The summed E-state index contributed by atoms with van der Waals surface area (Å²) >= 11 is 4.82. The van der Waals surface area contributed by atoms with Crippen molar-refractivity contribution < 1.29 is 14.3 Å². The van der Waals surface area contributed by atoms with E-state index in [-0.39, 0.29) is 18.4 Å². The van der Waals surface area contributed by atoms with Crippen molar-refractivity contribution in [2.45, 2.75) is 33.2 Å². The first kappa shape index (κ1) is 16.9. The van der Waals surface area contributed by atoms with Crippen molar-refractivity contribution in [3.05, 3.63) is 27.5 Å². The van der Waals surface area contributed by atoms with E-state index < -0.39 is 0 Å². The highest BCUT2D eigenvalue weighted by Crippen LogP contribution is 2.22. The van der Waals surface area contributed by atoms with Gasteiger partial charge in [-0.1, -0.05) is 34.2 Å². The SMILES string of the molecule is CCCC(=O)N=c1sc2cc(Br)ccc2n1CC(=O)OCC. The fourth-order valence-corrected chi connectivity index (χ4v) is 3.60. The van der Waals surface area contributed by atoms with Crippen LogP contribution in [-0.4, -0.2) is 23.1 Å². The van der Waals surface area contributed by atoms with Crippen molar-refractivity contribution in [2.24, 2.45) is 4.99 Å². The number of ether oxygens (including phenoxy) is 1. The van der Waals surface area contributed by atoms with Crippen LogP contribution in [0.25, 0.3) is 10.2 Å². The van der Waals surface area contributed by atoms with E-state index in [0.717, 1.165) is 21.1 Å². The molecule has 0 spiro atoms. The average Bonchev–Trinajstić information content (AvgIpc) is 2.76. The summed E-state index contributed by atoms with van der Waals surface area (Å²) in [6, 6.07) is 5.75. The molecule has 2 rings (SSSR count). The van der Waals surface area contributed by atoms with Crippen molar-refractivity contribution in [1.29, 1.82) is 0 Å². The Morgan fingerprint density at radius 2 is 2.14 bits per heavy atom. The minimum absolute atomic E-state index is 0.0493. The molecule has 1 heterocycles. The first-order valence-electron chi connectivity index (χ1n) is 7.07. The van der Waals surface area contributed by atoms with Gasteiger partial charge in [-0.05, 0) is 31.5 Å². The lowest BCUT2D eigenvalue weighted by Gasteiger charge is -2.05. The summed E-state index contributed by atoms with van der Waals surface area (Å²) in [6.07, 6.45) is 1.15. The molecule has 0 saturated heterocycles. The first-order chi connectivity index (χ1) is 10.5. The van der Waals surface area contributed by atoms with Crippen LogP contribution in [0.3, 0.4) is 0 Å². The minimum Gasteiger partial charge on any atom is -0.465 e. The normalized spacial score (nSPS) is 11.9. The van der Waals surface area contributed by atoms with Crippen LogP contribution in [-0.2, 0) is 20.9 Å². The largest absolute Gasteiger partial charge is 0.465 e. The lowest BCUT2D eigenvalue weighted by Crippen LogP contribution is -2.23. The Morgan fingerprint density at radius 1 is 1.36 bits per heavy atom. The lowest BCUT2D eigenvalue weighted by molar-refractivity contribution is -0.143. The topological polar surface area (TPSA) is 60.7 Å². The Morgan fingerprint density at radius 3 is 2.82 bits per heavy atom. The molecule has 2 aromatic rings. The van der Waals surface area contributed by atoms with Crippen molar-refractivity contribution in [3.8, 4) is 0 Å². The Balaban J connectivity index is 2.53. The maximum atomic E-state index is 11.8. The number of nitrogens with zero attached hydrogens (tertiary/aromatic N) is 2. The van der Waals surface area contributed by atoms with Gasteiger partial charge < -0.3 is 9.30 Å². The zero-order valence-corrected chi connectivity index (χ0v) is 14.9. The number of benzene rings is 1. The van der Waals surface area contributed by atoms with Gasteiger partial charge in [0.1, 0.15) is 6.54 Å². The summed E-state index contributed by atoms with van der Waals surface area (Å²) in [5.41, 5.74) is 0.865. The van der Waals surface area contributed by atoms with E-state index >= 15 is 0 Å². The molecule has 22 heavy (non-hydrogen) atoms. The second-order valence-electron chi connectivity index (χ2n) is 4.64. The monoisotopic (exact) mass is 384 g/mol. The Bertz CT molecular complexity index is 764. The van der Waals surface area contributed by atoms with Gasteiger partial charge >= 0.3 is 5.97 Å². The van der Waals surface area contributed by atoms with Crippen LogP contribution in [0.2, 0.25) is 0 Å². The van der Waals surface area contributed by atoms with Gasteiger partial charge in [-0.2, -0.15) is 4.99 Å². The Kier molecular flexibility index (Phi) is 5.90. The smallest absolute Gasteiger partial charge is 0.326 e. The minimum atomic E-state index is -0.338. The molecule has 118 valence electrons. The van der Waals surface area contributed by atoms with Crippen LogP contribution >= 0.6 is 27.3 Å². The van der Waals surface area contributed by atoms with Crippen molar-refractivity contribution in [1.82, 2.24) is 4.57 Å². The number of carbonyl (C=O) groups excluding carboxylic acids is 2. The highest BCUT2D eigenvalue weighted by molar-refractivity contribution is 9.10. The predicted octanol–water partition coefficient (Wildman–Crippen LogP) is 3.26. The molecule has 5 nitrogen and oxygen atoms in total. The molecule has 0 bridgehead atoms. The van der Waals surface area contributed by atoms with Gasteiger partial charge in [0.25, 0.3) is 0 Å². The van der Waals surface area contributed by atoms with Gasteiger partial charge in [-0.15, -0.1) is 0 Å². The van der Waals surface area contributed by atoms with E-state index in [1.807, 2.05) is 25.1 Å². The number of hydrogen-bond acceptors (Lipinski definition) is 4. The fourth-order valence-electron chi connectivity index (χ4n) is 2.00. The van der Waals surface area contributed by atoms with E-state index in [4.69, 9.17) is 4.74 Å². The number of hydrogen-bond donors (Lipinski definition) is 0. The van der Waals surface area contributed by atoms with E-state index in [2.05, 4.69) is 20.9 Å². The standard InChI is InChI=1S/C15H17BrN2O3S/c1-3-5-13(19)17-15-18(9-14(20)21-4-2)11-7-6-10(16)8-12(11)22-15/h6-8H,3-5,9H2,1-2H3. The van der Waals surface area contributed by atoms with Crippen LogP contribution in [0.15, 0.2) is 27.7 Å². The fraction of sp³-hybridized carbons (Fsp3) is 0.400. The van der Waals surface area contributed by atoms with Gasteiger partial charge in [0.2, 0.25) is 5.91 Å². The van der Waals surface area contributed by atoms with Crippen LogP contribution in [0.4, 0.5) is 0 Å². The average molecular weight is 385 g/mol. The van der Waals surface area contributed by atoms with E-state index in [9.17, 15) is 9.59 Å². The number of halogens is 1. The maximum Gasteiger partial charge on any atom is 0.326 e. The number of fused-ring (bicyclic) bond motifs is 1. The Labute approximate surface area is 140 Å². The van der Waals surface area contributed by atoms with Crippen molar-refractivity contribution in [2.75, 3.05) is 6.61 Å². The zero-order valence-electron chi connectivity index (χ0n) is 12.5. The van der Waals surface area contributed by atoms with E-state index in [1.165, 1.54) is 11.3 Å². The molecule has 1 aromatic carbocycles. The number of thiazole rings is 1. The van der Waals surface area contributed by atoms with E-state index in [0.29, 0.717) is 17.8 Å². The summed E-state index contributed by atoms with van der Waals surface area (Å²) in [4.78, 5) is 28.3. The maximum absolute atomic E-state index is 11.8. The number of carbonyl (C=O) groups is 2. The molecule has 0 N–H and O–H groups in total. The van der Waals surface area contributed by atoms with Crippen LogP contribution in [0.1, 0.15) is 26.7 Å². The van der Waals surface area contributed by atoms with Crippen LogP contribution < -0.4 is 4.80 Å². The molecule has 0 aliphatic rings. The molecule has 1 aromatic heterocycles. The lowest BCUT2D eigenvalue weighted by atomic mass is 10.3. The second-order valence-corrected chi connectivity index (χ2v) is 6.57. The molecule has 1 amide bonds. The molecule has 0 saturated carbocycles. The third-order valence-electron chi connectivity index (χ3n) is 2.92. The quantitative estimate of drug-likeness (QED) is 0.743. The molecule has 0 aliphatic carbocycles. The Hall–Kier alpha value is -1.47. The molecule has 7 heteroatoms. The molecular weight excluding hydrogens is 368 g/mol. The molecular formula is C15H17BrN2O3S. The summed E-state index contributed by atoms with van der Waals surface area (Å²) in [6.45, 7) is 4.07. The van der Waals surface area contributed by atoms with Crippen molar-refractivity contribution in [3.63, 3.8) is 0 Å². The predicted molar refractivity (Wildman–Crippen MR) is 89.6 cm³/mol. The molecule has 0 aliphatic heterocycles. The summed E-state index contributed by atoms with van der Waals surface area (Å²) < 4.78 is 8.64.